The normalized spacial score (nSPS) is 11.4. The summed E-state index contributed by atoms with van der Waals surface area (Å²) in [7, 11) is 1.72. The molecule has 0 amide bonds. The molecule has 0 aliphatic heterocycles. The Labute approximate surface area is 85.5 Å². The Hall–Kier alpha value is -1.09. The molecule has 0 atom stereocenters. The SMILES string of the molecule is COC(C)(C)CNc1ccnc(C)c1. The summed E-state index contributed by atoms with van der Waals surface area (Å²) < 4.78 is 5.31. The average molecular weight is 194 g/mol. The molecule has 0 saturated heterocycles. The fourth-order valence-corrected chi connectivity index (χ4v) is 1.04. The molecule has 0 fully saturated rings. The van der Waals surface area contributed by atoms with Crippen molar-refractivity contribution < 1.29 is 4.74 Å². The van der Waals surface area contributed by atoms with Crippen molar-refractivity contribution in [2.45, 2.75) is 26.4 Å². The van der Waals surface area contributed by atoms with Crippen LogP contribution in [-0.2, 0) is 4.74 Å². The third-order valence-corrected chi connectivity index (χ3v) is 2.17. The molecule has 14 heavy (non-hydrogen) atoms. The molecule has 0 unspecified atom stereocenters. The summed E-state index contributed by atoms with van der Waals surface area (Å²) in [6.45, 7) is 6.86. The van der Waals surface area contributed by atoms with E-state index in [-0.39, 0.29) is 5.60 Å². The fraction of sp³-hybridized carbons (Fsp3) is 0.545. The van der Waals surface area contributed by atoms with Crippen LogP contribution in [0.15, 0.2) is 18.3 Å². The van der Waals surface area contributed by atoms with Gasteiger partial charge in [0.15, 0.2) is 0 Å². The van der Waals surface area contributed by atoms with Gasteiger partial charge in [0.05, 0.1) is 5.60 Å². The highest BCUT2D eigenvalue weighted by molar-refractivity contribution is 5.43. The van der Waals surface area contributed by atoms with Crippen LogP contribution in [0.4, 0.5) is 5.69 Å². The van der Waals surface area contributed by atoms with Crippen molar-refractivity contribution in [3.63, 3.8) is 0 Å². The molecule has 0 aliphatic carbocycles. The number of nitrogens with one attached hydrogen (secondary N) is 1. The molecule has 0 bridgehead atoms. The Kier molecular flexibility index (Phi) is 3.47. The van der Waals surface area contributed by atoms with Gasteiger partial charge in [0.1, 0.15) is 0 Å². The van der Waals surface area contributed by atoms with E-state index >= 15 is 0 Å². The standard InChI is InChI=1S/C11H18N2O/c1-9-7-10(5-6-12-9)13-8-11(2,3)14-4/h5-7H,8H2,1-4H3,(H,12,13). The molecule has 1 rings (SSSR count). The summed E-state index contributed by atoms with van der Waals surface area (Å²) in [5.74, 6) is 0. The minimum Gasteiger partial charge on any atom is -0.382 e. The molecule has 1 aromatic heterocycles. The summed E-state index contributed by atoms with van der Waals surface area (Å²) in [5.41, 5.74) is 1.96. The van der Waals surface area contributed by atoms with Crippen molar-refractivity contribution in [3.8, 4) is 0 Å². The minimum atomic E-state index is -0.142. The van der Waals surface area contributed by atoms with Crippen LogP contribution >= 0.6 is 0 Å². The molecule has 1 N–H and O–H groups in total. The zero-order valence-corrected chi connectivity index (χ0v) is 9.29. The Morgan fingerprint density at radius 3 is 2.79 bits per heavy atom. The summed E-state index contributed by atoms with van der Waals surface area (Å²) >= 11 is 0. The maximum atomic E-state index is 5.31. The molecule has 0 aliphatic rings. The fourth-order valence-electron chi connectivity index (χ4n) is 1.04. The van der Waals surface area contributed by atoms with E-state index in [0.29, 0.717) is 0 Å². The lowest BCUT2D eigenvalue weighted by Crippen LogP contribution is -2.32. The zero-order valence-electron chi connectivity index (χ0n) is 9.29. The number of aromatic nitrogens is 1. The van der Waals surface area contributed by atoms with E-state index in [1.807, 2.05) is 32.9 Å². The van der Waals surface area contributed by atoms with Crippen LogP contribution in [0.1, 0.15) is 19.5 Å². The van der Waals surface area contributed by atoms with Crippen molar-refractivity contribution in [2.24, 2.45) is 0 Å². The van der Waals surface area contributed by atoms with Gasteiger partial charge in [-0.1, -0.05) is 0 Å². The van der Waals surface area contributed by atoms with Gasteiger partial charge in [0.25, 0.3) is 0 Å². The monoisotopic (exact) mass is 194 g/mol. The second-order valence-electron chi connectivity index (χ2n) is 4.00. The lowest BCUT2D eigenvalue weighted by Gasteiger charge is -2.23. The van der Waals surface area contributed by atoms with Crippen LogP contribution in [0.5, 0.6) is 0 Å². The van der Waals surface area contributed by atoms with Crippen LogP contribution in [0.2, 0.25) is 0 Å². The number of methoxy groups -OCH3 is 1. The first-order valence-electron chi connectivity index (χ1n) is 4.75. The lowest BCUT2D eigenvalue weighted by molar-refractivity contribution is 0.0344. The van der Waals surface area contributed by atoms with Gasteiger partial charge in [-0.3, -0.25) is 4.98 Å². The number of ether oxygens (including phenoxy) is 1. The Balaban J connectivity index is 2.54. The van der Waals surface area contributed by atoms with E-state index in [1.54, 1.807) is 13.3 Å². The van der Waals surface area contributed by atoms with E-state index < -0.39 is 0 Å². The Bertz CT molecular complexity index is 297. The van der Waals surface area contributed by atoms with Crippen molar-refractivity contribution in [2.75, 3.05) is 19.0 Å². The van der Waals surface area contributed by atoms with Gasteiger partial charge in [0.2, 0.25) is 0 Å². The highest BCUT2D eigenvalue weighted by Gasteiger charge is 2.15. The van der Waals surface area contributed by atoms with Gasteiger partial charge < -0.3 is 10.1 Å². The number of hydrogen-bond acceptors (Lipinski definition) is 3. The molecule has 0 radical (unpaired) electrons. The topological polar surface area (TPSA) is 34.1 Å². The van der Waals surface area contributed by atoms with Gasteiger partial charge >= 0.3 is 0 Å². The molecule has 0 aromatic carbocycles. The number of rotatable bonds is 4. The largest absolute Gasteiger partial charge is 0.382 e. The van der Waals surface area contributed by atoms with Gasteiger partial charge in [-0.05, 0) is 32.9 Å². The number of anilines is 1. The van der Waals surface area contributed by atoms with Crippen LogP contribution in [-0.4, -0.2) is 24.2 Å². The van der Waals surface area contributed by atoms with E-state index in [0.717, 1.165) is 17.9 Å². The first-order chi connectivity index (χ1) is 6.53. The van der Waals surface area contributed by atoms with E-state index in [9.17, 15) is 0 Å². The molecule has 1 heterocycles. The Morgan fingerprint density at radius 2 is 2.21 bits per heavy atom. The van der Waals surface area contributed by atoms with Gasteiger partial charge in [-0.15, -0.1) is 0 Å². The maximum absolute atomic E-state index is 5.31. The molecule has 1 aromatic rings. The second-order valence-corrected chi connectivity index (χ2v) is 4.00. The maximum Gasteiger partial charge on any atom is 0.0794 e. The van der Waals surface area contributed by atoms with Crippen molar-refractivity contribution in [3.05, 3.63) is 24.0 Å². The summed E-state index contributed by atoms with van der Waals surface area (Å²) in [6, 6.07) is 3.98. The predicted octanol–water partition coefficient (Wildman–Crippen LogP) is 2.23. The number of pyridine rings is 1. The third-order valence-electron chi connectivity index (χ3n) is 2.17. The number of nitrogens with zero attached hydrogens (tertiary/aromatic N) is 1. The average Bonchev–Trinajstić information content (AvgIpc) is 2.15. The van der Waals surface area contributed by atoms with E-state index in [2.05, 4.69) is 10.3 Å². The second kappa shape index (κ2) is 4.42. The first-order valence-corrected chi connectivity index (χ1v) is 4.75. The van der Waals surface area contributed by atoms with Crippen LogP contribution < -0.4 is 5.32 Å². The summed E-state index contributed by atoms with van der Waals surface area (Å²) in [6.07, 6.45) is 1.80. The molecule has 0 saturated carbocycles. The van der Waals surface area contributed by atoms with Crippen molar-refractivity contribution >= 4 is 5.69 Å². The molecular weight excluding hydrogens is 176 g/mol. The van der Waals surface area contributed by atoms with Crippen LogP contribution in [0, 0.1) is 6.92 Å². The lowest BCUT2D eigenvalue weighted by atomic mass is 10.1. The van der Waals surface area contributed by atoms with E-state index in [4.69, 9.17) is 4.74 Å². The highest BCUT2D eigenvalue weighted by atomic mass is 16.5. The molecular formula is C11H18N2O. The minimum absolute atomic E-state index is 0.142. The molecule has 3 heteroatoms. The van der Waals surface area contributed by atoms with Crippen LogP contribution in [0.25, 0.3) is 0 Å². The first kappa shape index (κ1) is 11.0. The highest BCUT2D eigenvalue weighted by Crippen LogP contribution is 2.11. The van der Waals surface area contributed by atoms with Gasteiger partial charge in [-0.2, -0.15) is 0 Å². The smallest absolute Gasteiger partial charge is 0.0794 e. The van der Waals surface area contributed by atoms with Crippen LogP contribution in [0.3, 0.4) is 0 Å². The number of aryl methyl sites for hydroxylation is 1. The van der Waals surface area contributed by atoms with Gasteiger partial charge in [-0.25, -0.2) is 0 Å². The van der Waals surface area contributed by atoms with E-state index in [1.165, 1.54) is 0 Å². The Morgan fingerprint density at radius 1 is 1.50 bits per heavy atom. The quantitative estimate of drug-likeness (QED) is 0.798. The summed E-state index contributed by atoms with van der Waals surface area (Å²) in [5, 5.41) is 3.31. The summed E-state index contributed by atoms with van der Waals surface area (Å²) in [4.78, 5) is 4.13. The van der Waals surface area contributed by atoms with Gasteiger partial charge in [0, 0.05) is 31.2 Å². The third kappa shape index (κ3) is 3.34. The zero-order chi connectivity index (χ0) is 10.6. The number of hydrogen-bond donors (Lipinski definition) is 1. The van der Waals surface area contributed by atoms with Crippen molar-refractivity contribution in [1.82, 2.24) is 4.98 Å². The molecule has 0 spiro atoms. The van der Waals surface area contributed by atoms with Crippen molar-refractivity contribution in [1.29, 1.82) is 0 Å². The molecule has 78 valence electrons. The molecule has 3 nitrogen and oxygen atoms in total. The predicted molar refractivity (Wildman–Crippen MR) is 58.6 cm³/mol.